The summed E-state index contributed by atoms with van der Waals surface area (Å²) >= 11 is 0. The first-order chi connectivity index (χ1) is 10.4. The molecule has 124 valence electrons. The number of ether oxygens (including phenoxy) is 1. The van der Waals surface area contributed by atoms with Gasteiger partial charge in [0, 0.05) is 45.0 Å². The topological polar surface area (TPSA) is 76.5 Å². The maximum atomic E-state index is 11.6. The van der Waals surface area contributed by atoms with Crippen molar-refractivity contribution >= 4 is 10.0 Å². The summed E-state index contributed by atoms with van der Waals surface area (Å²) in [7, 11) is -1.34. The molecule has 2 aliphatic rings. The zero-order valence-electron chi connectivity index (χ0n) is 13.1. The van der Waals surface area contributed by atoms with Gasteiger partial charge in [0.1, 0.15) is 0 Å². The van der Waals surface area contributed by atoms with Crippen LogP contribution in [-0.2, 0) is 28.4 Å². The van der Waals surface area contributed by atoms with Crippen molar-refractivity contribution in [3.8, 4) is 0 Å². The molecule has 1 N–H and O–H groups in total. The average molecular weight is 328 g/mol. The number of aromatic nitrogens is 2. The van der Waals surface area contributed by atoms with E-state index in [0.29, 0.717) is 12.5 Å². The van der Waals surface area contributed by atoms with Gasteiger partial charge >= 0.3 is 0 Å². The first kappa shape index (κ1) is 15.9. The van der Waals surface area contributed by atoms with Crippen molar-refractivity contribution in [2.75, 3.05) is 26.0 Å². The molecule has 0 amide bonds. The Labute approximate surface area is 131 Å². The van der Waals surface area contributed by atoms with E-state index in [1.165, 1.54) is 6.26 Å². The normalized spacial score (nSPS) is 30.2. The number of fused-ring (bicyclic) bond motifs is 1. The number of hydrogen-bond acceptors (Lipinski definition) is 5. The second-order valence-electron chi connectivity index (χ2n) is 6.45. The molecule has 0 aliphatic carbocycles. The van der Waals surface area contributed by atoms with Gasteiger partial charge in [0.2, 0.25) is 10.0 Å². The van der Waals surface area contributed by atoms with Crippen molar-refractivity contribution in [3.05, 3.63) is 18.0 Å². The molecule has 0 unspecified atom stereocenters. The fourth-order valence-corrected chi connectivity index (χ4v) is 4.37. The molecule has 8 heteroatoms. The van der Waals surface area contributed by atoms with Crippen LogP contribution >= 0.6 is 0 Å². The lowest BCUT2D eigenvalue weighted by molar-refractivity contribution is -0.0823. The molecule has 0 aromatic carbocycles. The number of aryl methyl sites for hydroxylation is 1. The Morgan fingerprint density at radius 2 is 2.27 bits per heavy atom. The lowest BCUT2D eigenvalue weighted by Crippen LogP contribution is -2.60. The van der Waals surface area contributed by atoms with Gasteiger partial charge in [0.05, 0.1) is 24.6 Å². The summed E-state index contributed by atoms with van der Waals surface area (Å²) < 4.78 is 33.7. The quantitative estimate of drug-likeness (QED) is 0.838. The monoisotopic (exact) mass is 328 g/mol. The Hall–Kier alpha value is -0.960. The molecule has 0 saturated carbocycles. The summed E-state index contributed by atoms with van der Waals surface area (Å²) in [5, 5.41) is 4.20. The number of piperidine rings is 1. The Kier molecular flexibility index (Phi) is 4.54. The standard InChI is InChI=1S/C14H24N4O3S/c1-17-7-11(6-15-17)8-18-9-12-4-3-5-21-14(12)13(10-18)16-22(2,19)20/h6-7,12-14,16H,3-5,8-10H2,1-2H3/t12-,13+,14-/m0/s1. The minimum absolute atomic E-state index is 0.00590. The summed E-state index contributed by atoms with van der Waals surface area (Å²) in [4.78, 5) is 2.30. The molecule has 2 saturated heterocycles. The van der Waals surface area contributed by atoms with Gasteiger partial charge in [-0.1, -0.05) is 0 Å². The molecule has 1 aromatic rings. The van der Waals surface area contributed by atoms with Crippen molar-refractivity contribution in [1.29, 1.82) is 0 Å². The van der Waals surface area contributed by atoms with Crippen LogP contribution in [0.3, 0.4) is 0 Å². The van der Waals surface area contributed by atoms with E-state index in [0.717, 1.165) is 38.1 Å². The van der Waals surface area contributed by atoms with E-state index in [2.05, 4.69) is 14.7 Å². The average Bonchev–Trinajstić information content (AvgIpc) is 2.82. The maximum Gasteiger partial charge on any atom is 0.209 e. The Morgan fingerprint density at radius 1 is 1.45 bits per heavy atom. The summed E-state index contributed by atoms with van der Waals surface area (Å²) in [6.07, 6.45) is 7.22. The van der Waals surface area contributed by atoms with Gasteiger partial charge in [0.25, 0.3) is 0 Å². The highest BCUT2D eigenvalue weighted by atomic mass is 32.2. The Balaban J connectivity index is 1.72. The molecule has 1 aromatic heterocycles. The number of nitrogens with zero attached hydrogens (tertiary/aromatic N) is 3. The van der Waals surface area contributed by atoms with Gasteiger partial charge in [-0.25, -0.2) is 13.1 Å². The van der Waals surface area contributed by atoms with Gasteiger partial charge in [-0.15, -0.1) is 0 Å². The number of rotatable bonds is 4. The van der Waals surface area contributed by atoms with Crippen molar-refractivity contribution in [1.82, 2.24) is 19.4 Å². The van der Waals surface area contributed by atoms with Crippen LogP contribution in [0.25, 0.3) is 0 Å². The van der Waals surface area contributed by atoms with Gasteiger partial charge in [-0.2, -0.15) is 5.10 Å². The second kappa shape index (κ2) is 6.27. The molecule has 22 heavy (non-hydrogen) atoms. The third-order valence-corrected chi connectivity index (χ3v) is 5.10. The SMILES string of the molecule is Cn1cc(CN2C[C@@H]3CCCO[C@@H]3[C@H](NS(C)(=O)=O)C2)cn1. The van der Waals surface area contributed by atoms with Crippen molar-refractivity contribution < 1.29 is 13.2 Å². The highest BCUT2D eigenvalue weighted by Crippen LogP contribution is 2.29. The highest BCUT2D eigenvalue weighted by molar-refractivity contribution is 7.88. The smallest absolute Gasteiger partial charge is 0.209 e. The van der Waals surface area contributed by atoms with E-state index in [4.69, 9.17) is 4.74 Å². The molecule has 7 nitrogen and oxygen atoms in total. The first-order valence-corrected chi connectivity index (χ1v) is 9.58. The summed E-state index contributed by atoms with van der Waals surface area (Å²) in [5.74, 6) is 0.387. The molecule has 2 aliphatic heterocycles. The van der Waals surface area contributed by atoms with Crippen molar-refractivity contribution in [2.45, 2.75) is 31.5 Å². The maximum absolute atomic E-state index is 11.6. The Morgan fingerprint density at radius 3 is 2.95 bits per heavy atom. The lowest BCUT2D eigenvalue weighted by atomic mass is 9.85. The van der Waals surface area contributed by atoms with Gasteiger partial charge < -0.3 is 4.74 Å². The minimum Gasteiger partial charge on any atom is -0.376 e. The van der Waals surface area contributed by atoms with Gasteiger partial charge in [-0.3, -0.25) is 9.58 Å². The molecule has 2 fully saturated rings. The van der Waals surface area contributed by atoms with Crippen LogP contribution in [0, 0.1) is 5.92 Å². The fourth-order valence-electron chi connectivity index (χ4n) is 3.61. The predicted octanol–water partition coefficient (Wildman–Crippen LogP) is -0.0513. The summed E-state index contributed by atoms with van der Waals surface area (Å²) in [6.45, 7) is 3.13. The molecular weight excluding hydrogens is 304 g/mol. The molecule has 0 spiro atoms. The lowest BCUT2D eigenvalue weighted by Gasteiger charge is -2.45. The Bertz CT molecular complexity index is 615. The number of nitrogens with one attached hydrogen (secondary N) is 1. The zero-order chi connectivity index (χ0) is 15.7. The summed E-state index contributed by atoms with van der Waals surface area (Å²) in [5.41, 5.74) is 1.15. The number of sulfonamides is 1. The summed E-state index contributed by atoms with van der Waals surface area (Å²) in [6, 6.07) is -0.175. The third kappa shape index (κ3) is 3.87. The van der Waals surface area contributed by atoms with Crippen molar-refractivity contribution in [2.24, 2.45) is 13.0 Å². The van der Waals surface area contributed by atoms with Crippen LogP contribution in [0.2, 0.25) is 0 Å². The molecule has 3 heterocycles. The zero-order valence-corrected chi connectivity index (χ0v) is 13.9. The highest BCUT2D eigenvalue weighted by Gasteiger charge is 2.40. The van der Waals surface area contributed by atoms with Gasteiger partial charge in [0.15, 0.2) is 0 Å². The molecule has 3 rings (SSSR count). The largest absolute Gasteiger partial charge is 0.376 e. The second-order valence-corrected chi connectivity index (χ2v) is 8.23. The van der Waals surface area contributed by atoms with E-state index in [-0.39, 0.29) is 12.1 Å². The van der Waals surface area contributed by atoms with Crippen LogP contribution in [0.1, 0.15) is 18.4 Å². The minimum atomic E-state index is -3.24. The van der Waals surface area contributed by atoms with E-state index in [9.17, 15) is 8.42 Å². The van der Waals surface area contributed by atoms with Crippen LogP contribution in [0.5, 0.6) is 0 Å². The van der Waals surface area contributed by atoms with Crippen LogP contribution in [-0.4, -0.2) is 61.2 Å². The third-order valence-electron chi connectivity index (χ3n) is 4.37. The van der Waals surface area contributed by atoms with E-state index >= 15 is 0 Å². The number of hydrogen-bond donors (Lipinski definition) is 1. The fraction of sp³-hybridized carbons (Fsp3) is 0.786. The van der Waals surface area contributed by atoms with E-state index in [1.807, 2.05) is 19.4 Å². The van der Waals surface area contributed by atoms with Crippen LogP contribution < -0.4 is 4.72 Å². The molecular formula is C14H24N4O3S. The van der Waals surface area contributed by atoms with Crippen LogP contribution in [0.4, 0.5) is 0 Å². The molecule has 0 bridgehead atoms. The predicted molar refractivity (Wildman–Crippen MR) is 82.7 cm³/mol. The van der Waals surface area contributed by atoms with Crippen molar-refractivity contribution in [3.63, 3.8) is 0 Å². The van der Waals surface area contributed by atoms with Gasteiger partial charge in [-0.05, 0) is 18.8 Å². The van der Waals surface area contributed by atoms with E-state index < -0.39 is 10.0 Å². The first-order valence-electron chi connectivity index (χ1n) is 7.69. The molecule has 0 radical (unpaired) electrons. The number of likely N-dealkylation sites (tertiary alicyclic amines) is 1. The molecule has 3 atom stereocenters. The van der Waals surface area contributed by atoms with E-state index in [1.54, 1.807) is 4.68 Å². The van der Waals surface area contributed by atoms with Crippen LogP contribution in [0.15, 0.2) is 12.4 Å².